The van der Waals surface area contributed by atoms with E-state index in [4.69, 9.17) is 0 Å². The number of hydrogen-bond acceptors (Lipinski definition) is 4. The third kappa shape index (κ3) is 3.07. The number of aromatic nitrogens is 1. The molecule has 1 amide bonds. The van der Waals surface area contributed by atoms with Crippen LogP contribution < -0.4 is 5.32 Å². The number of carbonyl (C=O) groups excluding carboxylic acids is 1. The van der Waals surface area contributed by atoms with Crippen molar-refractivity contribution in [2.75, 3.05) is 11.6 Å². The first kappa shape index (κ1) is 13.0. The van der Waals surface area contributed by atoms with E-state index < -0.39 is 9.84 Å². The van der Waals surface area contributed by atoms with Gasteiger partial charge in [-0.15, -0.1) is 0 Å². The van der Waals surface area contributed by atoms with Crippen molar-refractivity contribution in [3.8, 4) is 0 Å². The van der Waals surface area contributed by atoms with Crippen molar-refractivity contribution in [3.63, 3.8) is 0 Å². The van der Waals surface area contributed by atoms with E-state index >= 15 is 0 Å². The molecule has 0 spiro atoms. The number of nitrogens with one attached hydrogen (secondary N) is 1. The van der Waals surface area contributed by atoms with Crippen LogP contribution in [0.5, 0.6) is 0 Å². The Morgan fingerprint density at radius 1 is 1.33 bits per heavy atom. The maximum Gasteiger partial charge on any atom is 0.227 e. The molecule has 5 nitrogen and oxygen atoms in total. The lowest BCUT2D eigenvalue weighted by atomic mass is 10.1. The zero-order valence-corrected chi connectivity index (χ0v) is 11.0. The van der Waals surface area contributed by atoms with Crippen molar-refractivity contribution in [2.45, 2.75) is 30.7 Å². The van der Waals surface area contributed by atoms with E-state index in [1.54, 1.807) is 6.07 Å². The summed E-state index contributed by atoms with van der Waals surface area (Å²) in [4.78, 5) is 15.7. The van der Waals surface area contributed by atoms with Crippen LogP contribution in [-0.4, -0.2) is 25.6 Å². The molecular formula is C12H16N2O3S. The molecule has 0 aliphatic heterocycles. The lowest BCUT2D eigenvalue weighted by Gasteiger charge is -2.10. The van der Waals surface area contributed by atoms with Gasteiger partial charge in [0.05, 0.1) is 11.9 Å². The number of hydrogen-bond donors (Lipinski definition) is 1. The highest BCUT2D eigenvalue weighted by Gasteiger charge is 2.22. The Bertz CT molecular complexity index is 531. The van der Waals surface area contributed by atoms with Crippen LogP contribution in [0.15, 0.2) is 23.4 Å². The van der Waals surface area contributed by atoms with Gasteiger partial charge in [-0.1, -0.05) is 12.8 Å². The van der Waals surface area contributed by atoms with E-state index in [0.29, 0.717) is 5.69 Å². The molecule has 1 aliphatic carbocycles. The van der Waals surface area contributed by atoms with Crippen molar-refractivity contribution >= 4 is 21.4 Å². The van der Waals surface area contributed by atoms with Gasteiger partial charge in [0, 0.05) is 12.2 Å². The summed E-state index contributed by atoms with van der Waals surface area (Å²) in [6, 6.07) is 2.97. The average molecular weight is 268 g/mol. The van der Waals surface area contributed by atoms with Gasteiger partial charge in [-0.3, -0.25) is 4.79 Å². The fourth-order valence-electron chi connectivity index (χ4n) is 2.11. The summed E-state index contributed by atoms with van der Waals surface area (Å²) in [7, 11) is -3.29. The summed E-state index contributed by atoms with van der Waals surface area (Å²) < 4.78 is 22.5. The Balaban J connectivity index is 2.04. The van der Waals surface area contributed by atoms with E-state index in [1.165, 1.54) is 12.3 Å². The number of sulfone groups is 1. The molecule has 1 aliphatic rings. The van der Waals surface area contributed by atoms with Gasteiger partial charge in [0.25, 0.3) is 0 Å². The number of nitrogens with zero attached hydrogens (tertiary/aromatic N) is 1. The molecule has 18 heavy (non-hydrogen) atoms. The number of anilines is 1. The maximum absolute atomic E-state index is 11.8. The molecular weight excluding hydrogens is 252 g/mol. The lowest BCUT2D eigenvalue weighted by molar-refractivity contribution is -0.119. The van der Waals surface area contributed by atoms with Gasteiger partial charge in [0.15, 0.2) is 14.9 Å². The van der Waals surface area contributed by atoms with Gasteiger partial charge in [0.1, 0.15) is 0 Å². The van der Waals surface area contributed by atoms with Crippen LogP contribution in [0.2, 0.25) is 0 Å². The van der Waals surface area contributed by atoms with E-state index in [1.807, 2.05) is 0 Å². The summed E-state index contributed by atoms with van der Waals surface area (Å²) in [5.74, 6) is 0.0842. The number of amides is 1. The van der Waals surface area contributed by atoms with Crippen molar-refractivity contribution < 1.29 is 13.2 Å². The number of rotatable bonds is 3. The molecule has 0 radical (unpaired) electrons. The Hall–Kier alpha value is -1.43. The van der Waals surface area contributed by atoms with Crippen LogP contribution in [-0.2, 0) is 14.6 Å². The van der Waals surface area contributed by atoms with Crippen LogP contribution in [0, 0.1) is 5.92 Å². The molecule has 0 saturated heterocycles. The third-order valence-corrected chi connectivity index (χ3v) is 4.11. The number of carbonyl (C=O) groups is 1. The molecule has 1 saturated carbocycles. The molecule has 1 fully saturated rings. The van der Waals surface area contributed by atoms with Crippen molar-refractivity contribution in [1.29, 1.82) is 0 Å². The smallest absolute Gasteiger partial charge is 0.227 e. The normalized spacial score (nSPS) is 16.7. The van der Waals surface area contributed by atoms with Crippen LogP contribution in [0.3, 0.4) is 0 Å². The van der Waals surface area contributed by atoms with Crippen LogP contribution in [0.25, 0.3) is 0 Å². The quantitative estimate of drug-likeness (QED) is 0.903. The van der Waals surface area contributed by atoms with Gasteiger partial charge in [0.2, 0.25) is 5.91 Å². The summed E-state index contributed by atoms with van der Waals surface area (Å²) in [6.07, 6.45) is 6.55. The van der Waals surface area contributed by atoms with Gasteiger partial charge in [-0.05, 0) is 25.0 Å². The van der Waals surface area contributed by atoms with Crippen molar-refractivity contribution in [2.24, 2.45) is 5.92 Å². The summed E-state index contributed by atoms with van der Waals surface area (Å²) in [5, 5.41) is 2.78. The van der Waals surface area contributed by atoms with Crippen LogP contribution in [0.4, 0.5) is 5.69 Å². The highest BCUT2D eigenvalue weighted by atomic mass is 32.2. The molecule has 2 rings (SSSR count). The minimum absolute atomic E-state index is 0.00130. The predicted octanol–water partition coefficient (Wildman–Crippen LogP) is 1.61. The molecule has 1 aromatic heterocycles. The average Bonchev–Trinajstić information content (AvgIpc) is 2.82. The molecule has 0 bridgehead atoms. The maximum atomic E-state index is 11.8. The molecule has 6 heteroatoms. The van der Waals surface area contributed by atoms with E-state index in [0.717, 1.165) is 31.9 Å². The predicted molar refractivity (Wildman–Crippen MR) is 67.9 cm³/mol. The second kappa shape index (κ2) is 5.06. The zero-order valence-electron chi connectivity index (χ0n) is 10.2. The zero-order chi connectivity index (χ0) is 13.2. The third-order valence-electron chi connectivity index (χ3n) is 3.11. The molecule has 1 N–H and O–H groups in total. The number of pyridine rings is 1. The fraction of sp³-hybridized carbons (Fsp3) is 0.500. The van der Waals surface area contributed by atoms with Crippen LogP contribution in [0.1, 0.15) is 25.7 Å². The largest absolute Gasteiger partial charge is 0.324 e. The second-order valence-corrected chi connectivity index (χ2v) is 6.59. The first-order chi connectivity index (χ1) is 8.47. The Labute approximate surface area is 107 Å². The first-order valence-electron chi connectivity index (χ1n) is 5.94. The minimum Gasteiger partial charge on any atom is -0.324 e. The summed E-state index contributed by atoms with van der Waals surface area (Å²) >= 11 is 0. The molecule has 98 valence electrons. The van der Waals surface area contributed by atoms with Crippen molar-refractivity contribution in [3.05, 3.63) is 18.3 Å². The monoisotopic (exact) mass is 268 g/mol. The van der Waals surface area contributed by atoms with Gasteiger partial charge in [-0.25, -0.2) is 13.4 Å². The Kier molecular flexibility index (Phi) is 3.65. The Morgan fingerprint density at radius 2 is 2.00 bits per heavy atom. The highest BCUT2D eigenvalue weighted by Crippen LogP contribution is 2.25. The summed E-state index contributed by atoms with van der Waals surface area (Å²) in [6.45, 7) is 0. The standard InChI is InChI=1S/C12H16N2O3S/c1-18(16,17)11-7-6-10(8-13-11)14-12(15)9-4-2-3-5-9/h6-9H,2-5H2,1H3,(H,14,15). The molecule has 0 aromatic carbocycles. The molecule has 0 unspecified atom stereocenters. The summed E-state index contributed by atoms with van der Waals surface area (Å²) in [5.41, 5.74) is 0.541. The topological polar surface area (TPSA) is 76.1 Å². The SMILES string of the molecule is CS(=O)(=O)c1ccc(NC(=O)C2CCCC2)cn1. The highest BCUT2D eigenvalue weighted by molar-refractivity contribution is 7.90. The Morgan fingerprint density at radius 3 is 2.50 bits per heavy atom. The van der Waals surface area contributed by atoms with E-state index in [9.17, 15) is 13.2 Å². The van der Waals surface area contributed by atoms with E-state index in [-0.39, 0.29) is 16.9 Å². The van der Waals surface area contributed by atoms with Gasteiger partial charge >= 0.3 is 0 Å². The molecule has 1 heterocycles. The molecule has 0 atom stereocenters. The van der Waals surface area contributed by atoms with Crippen molar-refractivity contribution in [1.82, 2.24) is 4.98 Å². The molecule has 1 aromatic rings. The fourth-order valence-corrected chi connectivity index (χ4v) is 2.67. The minimum atomic E-state index is -3.29. The van der Waals surface area contributed by atoms with Crippen LogP contribution >= 0.6 is 0 Å². The van der Waals surface area contributed by atoms with Gasteiger partial charge < -0.3 is 5.32 Å². The van der Waals surface area contributed by atoms with Gasteiger partial charge in [-0.2, -0.15) is 0 Å². The van der Waals surface area contributed by atoms with E-state index in [2.05, 4.69) is 10.3 Å². The lowest BCUT2D eigenvalue weighted by Crippen LogP contribution is -2.20. The second-order valence-electron chi connectivity index (χ2n) is 4.63. The first-order valence-corrected chi connectivity index (χ1v) is 7.83.